The van der Waals surface area contributed by atoms with Crippen molar-refractivity contribution in [2.45, 2.75) is 39.5 Å². The summed E-state index contributed by atoms with van der Waals surface area (Å²) in [6.45, 7) is 5.07. The second-order valence-electron chi connectivity index (χ2n) is 7.63. The van der Waals surface area contributed by atoms with Gasteiger partial charge in [-0.25, -0.2) is 4.39 Å². The molecule has 0 N–H and O–H groups in total. The van der Waals surface area contributed by atoms with Crippen molar-refractivity contribution in [3.8, 4) is 0 Å². The summed E-state index contributed by atoms with van der Waals surface area (Å²) in [5.74, 6) is 0.0326. The number of nitrogens with zero attached hydrogens (tertiary/aromatic N) is 2. The standard InChI is InChI=1S/C22H27FN2O2/c1-15-13-16(2)24(3)21(26)20(15)22(27)25-12-4-5-18(14-25)7-6-17-8-10-19(23)11-9-17/h8-11,13,18H,4-7,12,14H2,1-3H3/t18-/m0/s1. The molecule has 4 nitrogen and oxygen atoms in total. The second-order valence-corrected chi connectivity index (χ2v) is 7.63. The van der Waals surface area contributed by atoms with Crippen LogP contribution in [0.15, 0.2) is 35.1 Å². The molecule has 0 spiro atoms. The maximum atomic E-state index is 13.0. The Hall–Kier alpha value is -2.43. The molecule has 3 rings (SSSR count). The first-order valence-corrected chi connectivity index (χ1v) is 9.57. The minimum Gasteiger partial charge on any atom is -0.338 e. The summed E-state index contributed by atoms with van der Waals surface area (Å²) in [6.07, 6.45) is 3.86. The molecule has 0 unspecified atom stereocenters. The number of hydrogen-bond donors (Lipinski definition) is 0. The molecule has 1 aromatic heterocycles. The van der Waals surface area contributed by atoms with Gasteiger partial charge in [0.05, 0.1) is 0 Å². The van der Waals surface area contributed by atoms with Gasteiger partial charge in [0.1, 0.15) is 11.4 Å². The number of rotatable bonds is 4. The van der Waals surface area contributed by atoms with Gasteiger partial charge in [0, 0.05) is 25.8 Å². The molecule has 0 aliphatic carbocycles. The van der Waals surface area contributed by atoms with E-state index in [-0.39, 0.29) is 17.3 Å². The molecular weight excluding hydrogens is 343 g/mol. The lowest BCUT2D eigenvalue weighted by Crippen LogP contribution is -2.43. The predicted octanol–water partition coefficient (Wildman–Crippen LogP) is 3.63. The van der Waals surface area contributed by atoms with Crippen LogP contribution >= 0.6 is 0 Å². The number of aryl methyl sites for hydroxylation is 3. The molecule has 27 heavy (non-hydrogen) atoms. The summed E-state index contributed by atoms with van der Waals surface area (Å²) in [5.41, 5.74) is 2.79. The fourth-order valence-electron chi connectivity index (χ4n) is 3.90. The van der Waals surface area contributed by atoms with E-state index in [1.54, 1.807) is 7.05 Å². The Labute approximate surface area is 159 Å². The summed E-state index contributed by atoms with van der Waals surface area (Å²) < 4.78 is 14.6. The SMILES string of the molecule is Cc1cc(C)n(C)c(=O)c1C(=O)N1CCC[C@@H](CCc2ccc(F)cc2)C1. The predicted molar refractivity (Wildman–Crippen MR) is 105 cm³/mol. The van der Waals surface area contributed by atoms with Crippen molar-refractivity contribution >= 4 is 5.91 Å². The third kappa shape index (κ3) is 4.29. The van der Waals surface area contributed by atoms with Gasteiger partial charge in [0.2, 0.25) is 0 Å². The van der Waals surface area contributed by atoms with Crippen molar-refractivity contribution in [3.05, 3.63) is 68.9 Å². The minimum atomic E-state index is -0.219. The number of benzene rings is 1. The van der Waals surface area contributed by atoms with Crippen LogP contribution in [0.3, 0.4) is 0 Å². The highest BCUT2D eigenvalue weighted by Gasteiger charge is 2.27. The molecule has 1 atom stereocenters. The molecule has 0 radical (unpaired) electrons. The number of aromatic nitrogens is 1. The average molecular weight is 370 g/mol. The van der Waals surface area contributed by atoms with Crippen molar-refractivity contribution in [1.82, 2.24) is 9.47 Å². The van der Waals surface area contributed by atoms with Gasteiger partial charge < -0.3 is 9.47 Å². The Balaban J connectivity index is 1.69. The molecule has 2 aromatic rings. The van der Waals surface area contributed by atoms with Gasteiger partial charge in [-0.15, -0.1) is 0 Å². The monoisotopic (exact) mass is 370 g/mol. The van der Waals surface area contributed by atoms with E-state index in [0.717, 1.165) is 42.5 Å². The van der Waals surface area contributed by atoms with E-state index in [1.165, 1.54) is 16.7 Å². The number of piperidine rings is 1. The van der Waals surface area contributed by atoms with Crippen LogP contribution in [0.2, 0.25) is 0 Å². The van der Waals surface area contributed by atoms with E-state index in [0.29, 0.717) is 24.6 Å². The highest BCUT2D eigenvalue weighted by atomic mass is 19.1. The topological polar surface area (TPSA) is 42.3 Å². The number of carbonyl (C=O) groups excluding carboxylic acids is 1. The quantitative estimate of drug-likeness (QED) is 0.825. The molecule has 1 aromatic carbocycles. The number of hydrogen-bond acceptors (Lipinski definition) is 2. The molecule has 1 aliphatic heterocycles. The van der Waals surface area contributed by atoms with E-state index < -0.39 is 0 Å². The molecular formula is C22H27FN2O2. The fraction of sp³-hybridized carbons (Fsp3) is 0.455. The van der Waals surface area contributed by atoms with Crippen molar-refractivity contribution in [1.29, 1.82) is 0 Å². The van der Waals surface area contributed by atoms with Crippen LogP contribution in [-0.4, -0.2) is 28.5 Å². The maximum absolute atomic E-state index is 13.0. The van der Waals surface area contributed by atoms with E-state index in [9.17, 15) is 14.0 Å². The molecule has 144 valence electrons. The lowest BCUT2D eigenvalue weighted by molar-refractivity contribution is 0.0665. The molecule has 0 saturated carbocycles. The lowest BCUT2D eigenvalue weighted by atomic mass is 9.91. The van der Waals surface area contributed by atoms with Crippen molar-refractivity contribution < 1.29 is 9.18 Å². The first-order valence-electron chi connectivity index (χ1n) is 9.57. The van der Waals surface area contributed by atoms with E-state index in [1.807, 2.05) is 36.9 Å². The Kier molecular flexibility index (Phi) is 5.78. The molecule has 1 aliphatic rings. The summed E-state index contributed by atoms with van der Waals surface area (Å²) in [4.78, 5) is 27.5. The van der Waals surface area contributed by atoms with Crippen LogP contribution in [0.25, 0.3) is 0 Å². The molecule has 1 fully saturated rings. The zero-order valence-electron chi connectivity index (χ0n) is 16.3. The van der Waals surface area contributed by atoms with Crippen LogP contribution in [0.4, 0.5) is 4.39 Å². The highest BCUT2D eigenvalue weighted by Crippen LogP contribution is 2.23. The van der Waals surface area contributed by atoms with Gasteiger partial charge in [0.25, 0.3) is 11.5 Å². The van der Waals surface area contributed by atoms with E-state index >= 15 is 0 Å². The van der Waals surface area contributed by atoms with Crippen molar-refractivity contribution in [2.75, 3.05) is 13.1 Å². The normalized spacial score (nSPS) is 17.2. The van der Waals surface area contributed by atoms with Crippen molar-refractivity contribution in [2.24, 2.45) is 13.0 Å². The summed E-state index contributed by atoms with van der Waals surface area (Å²) in [6, 6.07) is 8.51. The van der Waals surface area contributed by atoms with Crippen LogP contribution < -0.4 is 5.56 Å². The highest BCUT2D eigenvalue weighted by molar-refractivity contribution is 5.95. The van der Waals surface area contributed by atoms with Gasteiger partial charge in [-0.2, -0.15) is 0 Å². The zero-order valence-corrected chi connectivity index (χ0v) is 16.3. The summed E-state index contributed by atoms with van der Waals surface area (Å²) >= 11 is 0. The number of carbonyl (C=O) groups is 1. The minimum absolute atomic E-state index is 0.153. The fourth-order valence-corrected chi connectivity index (χ4v) is 3.90. The van der Waals surface area contributed by atoms with Gasteiger partial charge in [-0.3, -0.25) is 9.59 Å². The zero-order chi connectivity index (χ0) is 19.6. The smallest absolute Gasteiger partial charge is 0.263 e. The van der Waals surface area contributed by atoms with Crippen LogP contribution in [-0.2, 0) is 13.5 Å². The third-order valence-electron chi connectivity index (χ3n) is 5.64. The molecule has 0 bridgehead atoms. The Morgan fingerprint density at radius 1 is 1.22 bits per heavy atom. The third-order valence-corrected chi connectivity index (χ3v) is 5.64. The van der Waals surface area contributed by atoms with E-state index in [4.69, 9.17) is 0 Å². The van der Waals surface area contributed by atoms with Crippen molar-refractivity contribution in [3.63, 3.8) is 0 Å². The summed E-state index contributed by atoms with van der Waals surface area (Å²) in [5, 5.41) is 0. The van der Waals surface area contributed by atoms with Gasteiger partial charge in [-0.05, 0) is 74.8 Å². The second kappa shape index (κ2) is 8.07. The maximum Gasteiger partial charge on any atom is 0.263 e. The Morgan fingerprint density at radius 2 is 1.93 bits per heavy atom. The van der Waals surface area contributed by atoms with E-state index in [2.05, 4.69) is 0 Å². The summed E-state index contributed by atoms with van der Waals surface area (Å²) in [7, 11) is 1.70. The number of halogens is 1. The molecule has 2 heterocycles. The van der Waals surface area contributed by atoms with Gasteiger partial charge in [-0.1, -0.05) is 12.1 Å². The average Bonchev–Trinajstić information content (AvgIpc) is 2.66. The van der Waals surface area contributed by atoms with Crippen LogP contribution in [0.1, 0.15) is 46.4 Å². The van der Waals surface area contributed by atoms with Gasteiger partial charge >= 0.3 is 0 Å². The largest absolute Gasteiger partial charge is 0.338 e. The van der Waals surface area contributed by atoms with Crippen LogP contribution in [0.5, 0.6) is 0 Å². The first kappa shape index (κ1) is 19.3. The molecule has 1 saturated heterocycles. The lowest BCUT2D eigenvalue weighted by Gasteiger charge is -2.33. The number of pyridine rings is 1. The molecule has 5 heteroatoms. The number of likely N-dealkylation sites (tertiary alicyclic amines) is 1. The van der Waals surface area contributed by atoms with Gasteiger partial charge in [0.15, 0.2) is 0 Å². The Bertz CT molecular complexity index is 886. The Morgan fingerprint density at radius 3 is 2.63 bits per heavy atom. The first-order chi connectivity index (χ1) is 12.9. The van der Waals surface area contributed by atoms with Crippen LogP contribution in [0, 0.1) is 25.6 Å². The number of amides is 1. The molecule has 1 amide bonds.